The van der Waals surface area contributed by atoms with Crippen LogP contribution < -0.4 is 10.6 Å². The Labute approximate surface area is 174 Å². The molecule has 1 aliphatic heterocycles. The number of aromatic amines is 1. The highest BCUT2D eigenvalue weighted by Crippen LogP contribution is 2.27. The lowest BCUT2D eigenvalue weighted by Gasteiger charge is -2.11. The predicted octanol–water partition coefficient (Wildman–Crippen LogP) is 4.00. The molecule has 158 valence electrons. The van der Waals surface area contributed by atoms with Crippen molar-refractivity contribution in [2.45, 2.75) is 12.5 Å². The van der Waals surface area contributed by atoms with E-state index < -0.39 is 17.5 Å². The molecule has 1 aromatic heterocycles. The number of imidazole rings is 1. The SMILES string of the molecule is CN1CC[C@H](Nc2nc3c(F)c(F)cc(/C(=N/O)Nc4ccc(F)c(Cl)c4)c3[nH]2)C1. The Morgan fingerprint density at radius 3 is 2.77 bits per heavy atom. The van der Waals surface area contributed by atoms with E-state index in [0.717, 1.165) is 31.6 Å². The molecule has 7 nitrogen and oxygen atoms in total. The van der Waals surface area contributed by atoms with Gasteiger partial charge in [0.1, 0.15) is 11.3 Å². The second-order valence-corrected chi connectivity index (χ2v) is 7.53. The minimum Gasteiger partial charge on any atom is -0.409 e. The van der Waals surface area contributed by atoms with E-state index in [1.54, 1.807) is 0 Å². The maximum absolute atomic E-state index is 14.4. The summed E-state index contributed by atoms with van der Waals surface area (Å²) in [5, 5.41) is 18.4. The molecule has 1 atom stereocenters. The Morgan fingerprint density at radius 1 is 1.30 bits per heavy atom. The molecule has 30 heavy (non-hydrogen) atoms. The van der Waals surface area contributed by atoms with Crippen LogP contribution in [-0.2, 0) is 0 Å². The molecule has 0 bridgehead atoms. The van der Waals surface area contributed by atoms with Gasteiger partial charge in [-0.05, 0) is 44.3 Å². The Morgan fingerprint density at radius 2 is 2.10 bits per heavy atom. The number of likely N-dealkylation sites (N-methyl/N-ethyl adjacent to an activating group) is 1. The lowest BCUT2D eigenvalue weighted by Crippen LogP contribution is -2.24. The number of benzene rings is 2. The number of nitrogens with one attached hydrogen (secondary N) is 3. The Bertz CT molecular complexity index is 1140. The molecule has 0 radical (unpaired) electrons. The number of anilines is 2. The van der Waals surface area contributed by atoms with Crippen LogP contribution >= 0.6 is 11.6 Å². The van der Waals surface area contributed by atoms with Gasteiger partial charge in [-0.15, -0.1) is 0 Å². The number of oxime groups is 1. The summed E-state index contributed by atoms with van der Waals surface area (Å²) in [6.45, 7) is 1.70. The van der Waals surface area contributed by atoms with Crippen LogP contribution in [0.2, 0.25) is 5.02 Å². The van der Waals surface area contributed by atoms with Gasteiger partial charge >= 0.3 is 0 Å². The molecule has 0 aliphatic carbocycles. The lowest BCUT2D eigenvalue weighted by atomic mass is 10.1. The second-order valence-electron chi connectivity index (χ2n) is 7.12. The standard InChI is InChI=1S/C19H18ClF3N6O/c1-29-5-4-10(8-29)25-19-26-16-11(7-14(22)15(23)17(16)27-19)18(28-30)24-9-2-3-13(21)12(20)6-9/h2-3,6-7,10,30H,4-5,8H2,1H3,(H,24,28)(H2,25,26,27)/t10-/m0/s1. The van der Waals surface area contributed by atoms with E-state index in [-0.39, 0.29) is 39.4 Å². The Hall–Kier alpha value is -2.98. The van der Waals surface area contributed by atoms with Crippen molar-refractivity contribution in [1.29, 1.82) is 0 Å². The molecule has 1 saturated heterocycles. The minimum absolute atomic E-state index is 0.0379. The molecule has 1 fully saturated rings. The quantitative estimate of drug-likeness (QED) is 0.214. The zero-order valence-electron chi connectivity index (χ0n) is 15.8. The molecule has 4 rings (SSSR count). The Kier molecular flexibility index (Phi) is 5.44. The maximum atomic E-state index is 14.4. The van der Waals surface area contributed by atoms with E-state index in [1.807, 2.05) is 7.05 Å². The monoisotopic (exact) mass is 438 g/mol. The summed E-state index contributed by atoms with van der Waals surface area (Å²) >= 11 is 5.77. The average Bonchev–Trinajstić information content (AvgIpc) is 3.32. The number of hydrogen-bond donors (Lipinski definition) is 4. The van der Waals surface area contributed by atoms with E-state index in [4.69, 9.17) is 11.6 Å². The van der Waals surface area contributed by atoms with E-state index in [9.17, 15) is 18.4 Å². The van der Waals surface area contributed by atoms with E-state index >= 15 is 0 Å². The summed E-state index contributed by atoms with van der Waals surface area (Å²) in [5.41, 5.74) is 0.227. The minimum atomic E-state index is -1.16. The number of hydrogen-bond acceptors (Lipinski definition) is 5. The Balaban J connectivity index is 1.71. The normalized spacial score (nSPS) is 17.6. The van der Waals surface area contributed by atoms with Crippen LogP contribution in [0.1, 0.15) is 12.0 Å². The number of H-pyrrole nitrogens is 1. The molecule has 1 aliphatic rings. The first-order valence-corrected chi connectivity index (χ1v) is 9.50. The van der Waals surface area contributed by atoms with Gasteiger partial charge in [0, 0.05) is 23.8 Å². The van der Waals surface area contributed by atoms with Gasteiger partial charge in [-0.1, -0.05) is 16.8 Å². The van der Waals surface area contributed by atoms with Gasteiger partial charge in [0.15, 0.2) is 17.5 Å². The molecule has 2 heterocycles. The van der Waals surface area contributed by atoms with Gasteiger partial charge in [-0.3, -0.25) is 0 Å². The van der Waals surface area contributed by atoms with Gasteiger partial charge in [0.25, 0.3) is 0 Å². The van der Waals surface area contributed by atoms with Crippen molar-refractivity contribution in [3.8, 4) is 0 Å². The summed E-state index contributed by atoms with van der Waals surface area (Å²) in [6, 6.07) is 4.75. The molecule has 0 amide bonds. The van der Waals surface area contributed by atoms with Crippen LogP contribution in [0.3, 0.4) is 0 Å². The van der Waals surface area contributed by atoms with Crippen LogP contribution in [0, 0.1) is 17.5 Å². The summed E-state index contributed by atoms with van der Waals surface area (Å²) in [5.74, 6) is -2.82. The molecule has 2 aromatic carbocycles. The zero-order chi connectivity index (χ0) is 21.4. The summed E-state index contributed by atoms with van der Waals surface area (Å²) < 4.78 is 42.0. The molecular formula is C19H18ClF3N6O. The van der Waals surface area contributed by atoms with Crippen LogP contribution in [0.4, 0.5) is 24.8 Å². The number of nitrogens with zero attached hydrogens (tertiary/aromatic N) is 3. The van der Waals surface area contributed by atoms with Gasteiger partial charge in [-0.25, -0.2) is 18.2 Å². The van der Waals surface area contributed by atoms with Crippen LogP contribution in [0.25, 0.3) is 11.0 Å². The molecular weight excluding hydrogens is 421 g/mol. The van der Waals surface area contributed by atoms with Crippen LogP contribution in [0.15, 0.2) is 29.4 Å². The average molecular weight is 439 g/mol. The number of likely N-dealkylation sites (tertiary alicyclic amines) is 1. The fourth-order valence-electron chi connectivity index (χ4n) is 3.46. The third-order valence-electron chi connectivity index (χ3n) is 4.93. The first-order chi connectivity index (χ1) is 14.4. The van der Waals surface area contributed by atoms with Gasteiger partial charge in [-0.2, -0.15) is 0 Å². The second kappa shape index (κ2) is 8.04. The molecule has 0 saturated carbocycles. The van der Waals surface area contributed by atoms with Gasteiger partial charge in [0.2, 0.25) is 5.95 Å². The molecule has 11 heteroatoms. The van der Waals surface area contributed by atoms with Crippen molar-refractivity contribution in [1.82, 2.24) is 14.9 Å². The third kappa shape index (κ3) is 3.88. The topological polar surface area (TPSA) is 88.6 Å². The van der Waals surface area contributed by atoms with E-state index in [1.165, 1.54) is 12.1 Å². The summed E-state index contributed by atoms with van der Waals surface area (Å²) in [6.07, 6.45) is 0.882. The maximum Gasteiger partial charge on any atom is 0.201 e. The third-order valence-corrected chi connectivity index (χ3v) is 5.22. The zero-order valence-corrected chi connectivity index (χ0v) is 16.6. The van der Waals surface area contributed by atoms with Gasteiger partial charge in [0.05, 0.1) is 10.5 Å². The number of halogens is 4. The number of aromatic nitrogens is 2. The van der Waals surface area contributed by atoms with Crippen molar-refractivity contribution in [3.05, 3.63) is 52.3 Å². The van der Waals surface area contributed by atoms with Crippen molar-refractivity contribution < 1.29 is 18.4 Å². The fourth-order valence-corrected chi connectivity index (χ4v) is 3.64. The smallest absolute Gasteiger partial charge is 0.201 e. The van der Waals surface area contributed by atoms with Crippen molar-refractivity contribution in [3.63, 3.8) is 0 Å². The van der Waals surface area contributed by atoms with Crippen molar-refractivity contribution in [2.24, 2.45) is 5.16 Å². The first kappa shape index (κ1) is 20.3. The van der Waals surface area contributed by atoms with Crippen LogP contribution in [-0.4, -0.2) is 52.1 Å². The summed E-state index contributed by atoms with van der Waals surface area (Å²) in [7, 11) is 1.99. The lowest BCUT2D eigenvalue weighted by molar-refractivity contribution is 0.319. The van der Waals surface area contributed by atoms with Crippen molar-refractivity contribution in [2.75, 3.05) is 30.8 Å². The van der Waals surface area contributed by atoms with E-state index in [0.29, 0.717) is 5.69 Å². The molecule has 0 spiro atoms. The molecule has 3 aromatic rings. The van der Waals surface area contributed by atoms with Crippen molar-refractivity contribution >= 4 is 40.1 Å². The molecule has 0 unspecified atom stereocenters. The largest absolute Gasteiger partial charge is 0.409 e. The summed E-state index contributed by atoms with van der Waals surface area (Å²) in [4.78, 5) is 9.21. The number of amidine groups is 1. The fraction of sp³-hybridized carbons (Fsp3) is 0.263. The van der Waals surface area contributed by atoms with Crippen LogP contribution in [0.5, 0.6) is 0 Å². The highest BCUT2D eigenvalue weighted by molar-refractivity contribution is 6.31. The first-order valence-electron chi connectivity index (χ1n) is 9.13. The highest BCUT2D eigenvalue weighted by atomic mass is 35.5. The van der Waals surface area contributed by atoms with E-state index in [2.05, 4.69) is 30.7 Å². The molecule has 4 N–H and O–H groups in total. The predicted molar refractivity (Wildman–Crippen MR) is 109 cm³/mol. The highest BCUT2D eigenvalue weighted by Gasteiger charge is 2.23. The number of fused-ring (bicyclic) bond motifs is 1. The van der Waals surface area contributed by atoms with Gasteiger partial charge < -0.3 is 25.7 Å². The number of rotatable bonds is 4.